The van der Waals surface area contributed by atoms with Gasteiger partial charge < -0.3 is 0 Å². The van der Waals surface area contributed by atoms with Gasteiger partial charge in [0.1, 0.15) is 9.88 Å². The maximum Gasteiger partial charge on any atom is 0.277 e. The van der Waals surface area contributed by atoms with Gasteiger partial charge in [0.2, 0.25) is 0 Å². The first-order valence-corrected chi connectivity index (χ1v) is 6.54. The molecule has 18 heavy (non-hydrogen) atoms. The molecule has 0 aliphatic heterocycles. The second-order valence-electron chi connectivity index (χ2n) is 4.20. The fourth-order valence-corrected chi connectivity index (χ4v) is 2.82. The van der Waals surface area contributed by atoms with Gasteiger partial charge in [-0.15, -0.1) is 11.3 Å². The summed E-state index contributed by atoms with van der Waals surface area (Å²) in [4.78, 5) is 21.1. The first-order valence-electron chi connectivity index (χ1n) is 5.72. The number of carbonyl (C=O) groups is 1. The van der Waals surface area contributed by atoms with Crippen molar-refractivity contribution in [2.24, 2.45) is 5.84 Å². The monoisotopic (exact) mass is 260 g/mol. The number of nitrogens with one attached hydrogen (secondary N) is 1. The van der Waals surface area contributed by atoms with Gasteiger partial charge in [-0.05, 0) is 25.0 Å². The summed E-state index contributed by atoms with van der Waals surface area (Å²) >= 11 is 1.35. The van der Waals surface area contributed by atoms with Crippen molar-refractivity contribution >= 4 is 17.2 Å². The van der Waals surface area contributed by atoms with E-state index < -0.39 is 0 Å². The lowest BCUT2D eigenvalue weighted by Crippen LogP contribution is -2.30. The topological polar surface area (TPSA) is 80.9 Å². The Bertz CT molecular complexity index is 577. The smallest absolute Gasteiger partial charge is 0.277 e. The number of carbonyl (C=O) groups excluding carboxylic acids is 1. The van der Waals surface area contributed by atoms with Crippen molar-refractivity contribution in [1.29, 1.82) is 0 Å². The highest BCUT2D eigenvalue weighted by Crippen LogP contribution is 2.43. The molecule has 2 aromatic rings. The summed E-state index contributed by atoms with van der Waals surface area (Å²) in [7, 11) is 0. The van der Waals surface area contributed by atoms with Crippen molar-refractivity contribution in [2.75, 3.05) is 0 Å². The molecule has 2 aromatic heterocycles. The van der Waals surface area contributed by atoms with E-state index in [2.05, 4.69) is 15.4 Å². The van der Waals surface area contributed by atoms with Crippen molar-refractivity contribution < 1.29 is 4.79 Å². The van der Waals surface area contributed by atoms with Crippen LogP contribution in [0.1, 0.15) is 34.1 Å². The molecule has 3 rings (SSSR count). The molecule has 5 nitrogen and oxygen atoms in total. The average Bonchev–Trinajstić information content (AvgIpc) is 3.18. The first kappa shape index (κ1) is 11.3. The molecule has 0 aromatic carbocycles. The van der Waals surface area contributed by atoms with E-state index in [4.69, 9.17) is 5.84 Å². The van der Waals surface area contributed by atoms with E-state index >= 15 is 0 Å². The minimum atomic E-state index is -0.267. The number of nitrogens with two attached hydrogens (primary N) is 1. The van der Waals surface area contributed by atoms with Gasteiger partial charge >= 0.3 is 0 Å². The number of amides is 1. The number of aromatic nitrogens is 2. The fourth-order valence-electron chi connectivity index (χ4n) is 1.79. The minimum Gasteiger partial charge on any atom is -0.289 e. The zero-order chi connectivity index (χ0) is 12.5. The van der Waals surface area contributed by atoms with Crippen molar-refractivity contribution in [1.82, 2.24) is 15.4 Å². The Morgan fingerprint density at radius 2 is 2.28 bits per heavy atom. The summed E-state index contributed by atoms with van der Waals surface area (Å²) in [5, 5.41) is 0.774. The number of nitrogen functional groups attached to an aromatic ring is 1. The largest absolute Gasteiger partial charge is 0.289 e. The highest BCUT2D eigenvalue weighted by atomic mass is 32.1. The van der Waals surface area contributed by atoms with Crippen LogP contribution in [0.5, 0.6) is 0 Å². The molecule has 0 bridgehead atoms. The maximum absolute atomic E-state index is 11.7. The van der Waals surface area contributed by atoms with E-state index in [0.29, 0.717) is 10.8 Å². The molecule has 1 saturated carbocycles. The average molecular weight is 260 g/mol. The van der Waals surface area contributed by atoms with E-state index in [0.717, 1.165) is 29.2 Å². The van der Waals surface area contributed by atoms with E-state index in [9.17, 15) is 4.79 Å². The number of hydrogen-bond acceptors (Lipinski definition) is 5. The third-order valence-corrected chi connectivity index (χ3v) is 3.93. The maximum atomic E-state index is 11.7. The molecule has 0 spiro atoms. The number of nitrogens with zero attached hydrogens (tertiary/aromatic N) is 2. The van der Waals surface area contributed by atoms with Gasteiger partial charge in [0.15, 0.2) is 0 Å². The van der Waals surface area contributed by atoms with Crippen LogP contribution in [0.3, 0.4) is 0 Å². The predicted molar refractivity (Wildman–Crippen MR) is 69.0 cm³/mol. The highest BCUT2D eigenvalue weighted by molar-refractivity contribution is 7.17. The number of hydrogen-bond donors (Lipinski definition) is 2. The van der Waals surface area contributed by atoms with Crippen LogP contribution in [0.2, 0.25) is 0 Å². The molecule has 0 unspecified atom stereocenters. The van der Waals surface area contributed by atoms with E-state index in [1.807, 2.05) is 18.2 Å². The Morgan fingerprint density at radius 1 is 1.44 bits per heavy atom. The summed E-state index contributed by atoms with van der Waals surface area (Å²) in [6.07, 6.45) is 3.91. The normalized spacial score (nSPS) is 14.5. The fraction of sp³-hybridized carbons (Fsp3) is 0.250. The summed E-state index contributed by atoms with van der Waals surface area (Å²) in [6.45, 7) is 0. The van der Waals surface area contributed by atoms with Gasteiger partial charge in [-0.25, -0.2) is 10.8 Å². The molecular weight excluding hydrogens is 248 g/mol. The Morgan fingerprint density at radius 3 is 2.89 bits per heavy atom. The molecule has 2 heterocycles. The molecule has 1 aliphatic carbocycles. The molecule has 1 aliphatic rings. The van der Waals surface area contributed by atoms with Gasteiger partial charge in [0.05, 0.1) is 11.4 Å². The van der Waals surface area contributed by atoms with Crippen molar-refractivity contribution in [3.8, 4) is 10.7 Å². The van der Waals surface area contributed by atoms with Crippen LogP contribution in [-0.4, -0.2) is 15.9 Å². The Kier molecular flexibility index (Phi) is 2.81. The highest BCUT2D eigenvalue weighted by Gasteiger charge is 2.32. The Hall–Kier alpha value is -1.79. The zero-order valence-electron chi connectivity index (χ0n) is 9.59. The molecule has 1 amide bonds. The Labute approximate surface area is 108 Å². The second-order valence-corrected chi connectivity index (χ2v) is 5.20. The molecule has 3 N–H and O–H groups in total. The lowest BCUT2D eigenvalue weighted by molar-refractivity contribution is 0.0956. The lowest BCUT2D eigenvalue weighted by atomic mass is 10.2. The zero-order valence-corrected chi connectivity index (χ0v) is 10.4. The summed E-state index contributed by atoms with van der Waals surface area (Å²) < 4.78 is 0. The van der Waals surface area contributed by atoms with Crippen molar-refractivity contribution in [3.63, 3.8) is 0 Å². The van der Waals surface area contributed by atoms with Gasteiger partial charge in [0.25, 0.3) is 5.91 Å². The minimum absolute atomic E-state index is 0.267. The Balaban J connectivity index is 2.04. The molecule has 0 radical (unpaired) electrons. The standard InChI is InChI=1S/C12H12N4OS/c13-16-11(17)10-9(7-4-5-7)15-12(18-10)8-3-1-2-6-14-8/h1-3,6-7H,4-5,13H2,(H,16,17). The van der Waals surface area contributed by atoms with Crippen LogP contribution < -0.4 is 11.3 Å². The number of hydrazine groups is 1. The van der Waals surface area contributed by atoms with Crippen LogP contribution in [0, 0.1) is 0 Å². The van der Waals surface area contributed by atoms with Crippen LogP contribution >= 0.6 is 11.3 Å². The third kappa shape index (κ3) is 2.00. The van der Waals surface area contributed by atoms with Gasteiger partial charge in [-0.3, -0.25) is 15.2 Å². The summed E-state index contributed by atoms with van der Waals surface area (Å²) in [6, 6.07) is 5.65. The molecule has 92 valence electrons. The van der Waals surface area contributed by atoms with Gasteiger partial charge in [0, 0.05) is 12.1 Å². The van der Waals surface area contributed by atoms with E-state index in [1.165, 1.54) is 11.3 Å². The van der Waals surface area contributed by atoms with Crippen LogP contribution in [0.15, 0.2) is 24.4 Å². The molecule has 1 fully saturated rings. The quantitative estimate of drug-likeness (QED) is 0.500. The molecule has 0 saturated heterocycles. The second kappa shape index (κ2) is 4.47. The molecule has 0 atom stereocenters. The number of rotatable bonds is 3. The molecular formula is C12H12N4OS. The van der Waals surface area contributed by atoms with Crippen molar-refractivity contribution in [3.05, 3.63) is 35.0 Å². The van der Waals surface area contributed by atoms with Crippen LogP contribution in [0.4, 0.5) is 0 Å². The first-order chi connectivity index (χ1) is 8.79. The van der Waals surface area contributed by atoms with E-state index in [1.54, 1.807) is 6.20 Å². The van der Waals surface area contributed by atoms with Gasteiger partial charge in [-0.2, -0.15) is 0 Å². The lowest BCUT2D eigenvalue weighted by Gasteiger charge is -1.97. The van der Waals surface area contributed by atoms with Crippen LogP contribution in [-0.2, 0) is 0 Å². The van der Waals surface area contributed by atoms with Gasteiger partial charge in [-0.1, -0.05) is 6.07 Å². The summed E-state index contributed by atoms with van der Waals surface area (Å²) in [5.74, 6) is 5.35. The summed E-state index contributed by atoms with van der Waals surface area (Å²) in [5.41, 5.74) is 3.84. The number of pyridine rings is 1. The number of thiazole rings is 1. The molecule has 6 heteroatoms. The van der Waals surface area contributed by atoms with Crippen molar-refractivity contribution in [2.45, 2.75) is 18.8 Å². The third-order valence-electron chi connectivity index (χ3n) is 2.84. The SMILES string of the molecule is NNC(=O)c1sc(-c2ccccn2)nc1C1CC1. The van der Waals surface area contributed by atoms with E-state index in [-0.39, 0.29) is 5.91 Å². The van der Waals surface area contributed by atoms with Crippen LogP contribution in [0.25, 0.3) is 10.7 Å². The predicted octanol–water partition coefficient (Wildman–Crippen LogP) is 1.69.